The number of amides is 3. The van der Waals surface area contributed by atoms with Crippen molar-refractivity contribution >= 4 is 61.2 Å². The van der Waals surface area contributed by atoms with Crippen LogP contribution < -0.4 is 5.32 Å². The molecule has 3 fully saturated rings. The predicted octanol–water partition coefficient (Wildman–Crippen LogP) is 3.35. The molecule has 4 rings (SSSR count). The van der Waals surface area contributed by atoms with Crippen LogP contribution in [-0.4, -0.2) is 50.9 Å². The Morgan fingerprint density at radius 2 is 1.67 bits per heavy atom. The van der Waals surface area contributed by atoms with E-state index in [9.17, 15) is 32.3 Å². The summed E-state index contributed by atoms with van der Waals surface area (Å²) >= 11 is 7.16. The lowest BCUT2D eigenvalue weighted by atomic mass is 9.81. The maximum Gasteiger partial charge on any atom is 0.418 e. The highest BCUT2D eigenvalue weighted by Gasteiger charge is 2.67. The molecule has 0 unspecified atom stereocenters. The summed E-state index contributed by atoms with van der Waals surface area (Å²) < 4.78 is 44.1. The third-order valence-corrected chi connectivity index (χ3v) is 9.81. The summed E-state index contributed by atoms with van der Waals surface area (Å²) in [6.07, 6.45) is -3.93. The van der Waals surface area contributed by atoms with Crippen LogP contribution in [0.4, 0.5) is 18.9 Å². The molecule has 1 heterocycles. The number of hydrogen-bond acceptors (Lipinski definition) is 5. The maximum atomic E-state index is 13.1. The van der Waals surface area contributed by atoms with Gasteiger partial charge < -0.3 is 10.1 Å². The van der Waals surface area contributed by atoms with Crippen molar-refractivity contribution < 1.29 is 37.1 Å². The van der Waals surface area contributed by atoms with E-state index in [2.05, 4.69) is 37.2 Å². The van der Waals surface area contributed by atoms with Gasteiger partial charge in [0.2, 0.25) is 11.8 Å². The van der Waals surface area contributed by atoms with Crippen molar-refractivity contribution in [2.45, 2.75) is 35.2 Å². The minimum Gasteiger partial charge on any atom is -0.454 e. The molecule has 0 radical (unpaired) electrons. The van der Waals surface area contributed by atoms with Crippen molar-refractivity contribution in [2.75, 3.05) is 11.9 Å². The Bertz CT molecular complexity index is 988. The molecule has 1 aromatic carbocycles. The molecule has 1 aliphatic heterocycles. The largest absolute Gasteiger partial charge is 0.454 e. The lowest BCUT2D eigenvalue weighted by Gasteiger charge is -2.28. The second kappa shape index (κ2) is 8.68. The van der Waals surface area contributed by atoms with Crippen LogP contribution in [0.1, 0.15) is 18.9 Å². The molecule has 7 nitrogen and oxygen atoms in total. The number of benzene rings is 1. The molecule has 2 aliphatic carbocycles. The predicted molar refractivity (Wildman–Crippen MR) is 116 cm³/mol. The summed E-state index contributed by atoms with van der Waals surface area (Å²) in [7, 11) is 0. The molecule has 33 heavy (non-hydrogen) atoms. The van der Waals surface area contributed by atoms with E-state index in [0.717, 1.165) is 23.5 Å². The standard InChI is InChI=1S/C21H19Br2F3N2O5/c1-8(28-18(30)14-9-6-10(15(14)19(28)31)17(23)16(9)22)20(32)33-7-13(29)27-12-5-3-2-4-11(12)21(24,25)26/h2-5,8-10,14-17H,6-7H2,1H3,(H,27,29)/t8-,9-,10-,14-,15-,16-,17+/m1/s1. The fourth-order valence-corrected chi connectivity index (χ4v) is 7.02. The minimum absolute atomic E-state index is 0.0199. The molecular weight excluding hydrogens is 577 g/mol. The molecule has 0 spiro atoms. The Kier molecular flexibility index (Phi) is 6.36. The monoisotopic (exact) mass is 594 g/mol. The molecule has 7 atom stereocenters. The van der Waals surface area contributed by atoms with Gasteiger partial charge in [-0.05, 0) is 37.3 Å². The Morgan fingerprint density at radius 1 is 1.12 bits per heavy atom. The van der Waals surface area contributed by atoms with E-state index in [-0.39, 0.29) is 21.5 Å². The van der Waals surface area contributed by atoms with Crippen LogP contribution >= 0.6 is 31.9 Å². The molecule has 2 saturated carbocycles. The SMILES string of the molecule is C[C@H](C(=O)OCC(=O)Nc1ccccc1C(F)(F)F)N1C(=O)[C@@H]2[C@H]3C[C@@H]([C@@H](Br)[C@H]3Br)[C@H]2C1=O. The third-order valence-electron chi connectivity index (χ3n) is 6.60. The first-order chi connectivity index (χ1) is 15.4. The quantitative estimate of drug-likeness (QED) is 0.320. The summed E-state index contributed by atoms with van der Waals surface area (Å²) in [6.45, 7) is 0.464. The van der Waals surface area contributed by atoms with Crippen LogP contribution in [-0.2, 0) is 30.1 Å². The number of nitrogens with one attached hydrogen (secondary N) is 1. The molecular formula is C21H19Br2F3N2O5. The first-order valence-electron chi connectivity index (χ1n) is 10.2. The smallest absolute Gasteiger partial charge is 0.418 e. The number of carbonyl (C=O) groups excluding carboxylic acids is 4. The lowest BCUT2D eigenvalue weighted by molar-refractivity contribution is -0.159. The van der Waals surface area contributed by atoms with Gasteiger partial charge in [0.15, 0.2) is 6.61 Å². The number of rotatable bonds is 5. The number of carbonyl (C=O) groups is 4. The summed E-state index contributed by atoms with van der Waals surface area (Å²) in [5.74, 6) is -3.89. The van der Waals surface area contributed by atoms with Crippen molar-refractivity contribution in [2.24, 2.45) is 23.7 Å². The molecule has 12 heteroatoms. The van der Waals surface area contributed by atoms with Gasteiger partial charge in [-0.1, -0.05) is 44.0 Å². The van der Waals surface area contributed by atoms with Crippen molar-refractivity contribution in [1.82, 2.24) is 4.90 Å². The minimum atomic E-state index is -4.68. The van der Waals surface area contributed by atoms with E-state index < -0.39 is 65.6 Å². The Hall–Kier alpha value is -1.95. The van der Waals surface area contributed by atoms with Gasteiger partial charge in [-0.15, -0.1) is 0 Å². The Morgan fingerprint density at radius 3 is 2.21 bits per heavy atom. The zero-order valence-electron chi connectivity index (χ0n) is 17.1. The van der Waals surface area contributed by atoms with Crippen LogP contribution in [0.3, 0.4) is 0 Å². The zero-order chi connectivity index (χ0) is 24.2. The van der Waals surface area contributed by atoms with Crippen LogP contribution in [0.25, 0.3) is 0 Å². The van der Waals surface area contributed by atoms with E-state index in [1.54, 1.807) is 0 Å². The number of esters is 1. The van der Waals surface area contributed by atoms with Gasteiger partial charge in [-0.2, -0.15) is 13.2 Å². The number of para-hydroxylation sites is 1. The highest BCUT2D eigenvalue weighted by molar-refractivity contribution is 9.12. The zero-order valence-corrected chi connectivity index (χ0v) is 20.3. The van der Waals surface area contributed by atoms with Crippen LogP contribution in [0, 0.1) is 23.7 Å². The summed E-state index contributed by atoms with van der Waals surface area (Å²) in [5, 5.41) is 2.07. The molecule has 2 bridgehead atoms. The van der Waals surface area contributed by atoms with Crippen LogP contribution in [0.5, 0.6) is 0 Å². The fourth-order valence-electron chi connectivity index (χ4n) is 5.14. The van der Waals surface area contributed by atoms with E-state index in [1.165, 1.54) is 19.1 Å². The number of anilines is 1. The topological polar surface area (TPSA) is 92.8 Å². The van der Waals surface area contributed by atoms with Gasteiger partial charge in [0.1, 0.15) is 6.04 Å². The molecule has 3 amide bonds. The number of likely N-dealkylation sites (tertiary alicyclic amines) is 1. The molecule has 0 aromatic heterocycles. The van der Waals surface area contributed by atoms with Gasteiger partial charge in [-0.3, -0.25) is 19.3 Å². The number of fused-ring (bicyclic) bond motifs is 5. The van der Waals surface area contributed by atoms with E-state index in [1.807, 2.05) is 0 Å². The molecule has 178 valence electrons. The first kappa shape index (κ1) is 24.2. The van der Waals surface area contributed by atoms with E-state index >= 15 is 0 Å². The van der Waals surface area contributed by atoms with E-state index in [0.29, 0.717) is 0 Å². The lowest BCUT2D eigenvalue weighted by Crippen LogP contribution is -2.45. The van der Waals surface area contributed by atoms with Crippen molar-refractivity contribution in [3.8, 4) is 0 Å². The van der Waals surface area contributed by atoms with Gasteiger partial charge in [0.25, 0.3) is 5.91 Å². The van der Waals surface area contributed by atoms with Gasteiger partial charge >= 0.3 is 12.1 Å². The Balaban J connectivity index is 1.38. The number of hydrogen-bond donors (Lipinski definition) is 1. The van der Waals surface area contributed by atoms with E-state index in [4.69, 9.17) is 4.74 Å². The molecule has 3 aliphatic rings. The second-order valence-corrected chi connectivity index (χ2v) is 10.5. The second-order valence-electron chi connectivity index (χ2n) is 8.43. The normalized spacial score (nSPS) is 31.5. The van der Waals surface area contributed by atoms with Gasteiger partial charge in [0, 0.05) is 9.65 Å². The van der Waals surface area contributed by atoms with Gasteiger partial charge in [0.05, 0.1) is 23.1 Å². The Labute approximate surface area is 203 Å². The van der Waals surface area contributed by atoms with Crippen molar-refractivity contribution in [3.05, 3.63) is 29.8 Å². The van der Waals surface area contributed by atoms with Crippen LogP contribution in [0.2, 0.25) is 0 Å². The number of ether oxygens (including phenoxy) is 1. The summed E-state index contributed by atoms with van der Waals surface area (Å²) in [4.78, 5) is 51.5. The van der Waals surface area contributed by atoms with Crippen molar-refractivity contribution in [1.29, 1.82) is 0 Å². The molecule has 1 saturated heterocycles. The molecule has 1 N–H and O–H groups in total. The average molecular weight is 596 g/mol. The number of nitrogens with zero attached hydrogens (tertiary/aromatic N) is 1. The average Bonchev–Trinajstić information content (AvgIpc) is 3.36. The van der Waals surface area contributed by atoms with Crippen molar-refractivity contribution in [3.63, 3.8) is 0 Å². The summed E-state index contributed by atoms with van der Waals surface area (Å²) in [5.41, 5.74) is -1.51. The molecule has 1 aromatic rings. The number of imide groups is 1. The highest BCUT2D eigenvalue weighted by Crippen LogP contribution is 2.60. The maximum absolute atomic E-state index is 13.1. The van der Waals surface area contributed by atoms with Gasteiger partial charge in [-0.25, -0.2) is 4.79 Å². The number of halogens is 5. The van der Waals surface area contributed by atoms with Crippen LogP contribution in [0.15, 0.2) is 24.3 Å². The first-order valence-corrected chi connectivity index (χ1v) is 12.0. The third kappa shape index (κ3) is 4.09. The summed E-state index contributed by atoms with van der Waals surface area (Å²) in [6, 6.07) is 3.14. The number of alkyl halides is 5. The highest BCUT2D eigenvalue weighted by atomic mass is 79.9. The fraction of sp³-hybridized carbons (Fsp3) is 0.524.